The molecule has 0 nitrogen and oxygen atoms in total. The molecule has 0 aliphatic rings. The normalized spacial score (nSPS) is 18.2. The average molecular weight is 752 g/mol. The lowest BCUT2D eigenvalue weighted by Gasteiger charge is -2.41. The Morgan fingerprint density at radius 3 is 0.656 bits per heavy atom. The Morgan fingerprint density at radius 2 is 0.562 bits per heavy atom. The molecule has 0 aliphatic carbocycles. The van der Waals surface area contributed by atoms with Crippen LogP contribution in [0.4, 0.5) is 0 Å². The molecule has 1 aromatic rings. The molecule has 16 heteroatoms. The monoisotopic (exact) mass is 746 g/mol. The van der Waals surface area contributed by atoms with E-state index < -0.39 is 37.3 Å². The molecule has 0 aliphatic heterocycles. The fourth-order valence-corrected chi connectivity index (χ4v) is 6.94. The van der Waals surface area contributed by atoms with E-state index >= 15 is 0 Å². The topological polar surface area (TPSA) is 0 Å². The minimum atomic E-state index is -1.59. The van der Waals surface area contributed by atoms with Gasteiger partial charge in [0.15, 0.2) is 17.3 Å². The van der Waals surface area contributed by atoms with Gasteiger partial charge in [-0.25, -0.2) is 0 Å². The first-order chi connectivity index (χ1) is 14.1. The fraction of sp³-hybridized carbons (Fsp3) is 0.625. The van der Waals surface area contributed by atoms with Crippen LogP contribution in [0.2, 0.25) is 0 Å². The lowest BCUT2D eigenvalue weighted by atomic mass is 9.82. The van der Waals surface area contributed by atoms with E-state index in [0.717, 1.165) is 0 Å². The van der Waals surface area contributed by atoms with Crippen molar-refractivity contribution in [3.63, 3.8) is 0 Å². The van der Waals surface area contributed by atoms with E-state index in [2.05, 4.69) is 0 Å². The Morgan fingerprint density at radius 1 is 0.438 bits per heavy atom. The lowest BCUT2D eigenvalue weighted by molar-refractivity contribution is 0.774. The van der Waals surface area contributed by atoms with Crippen LogP contribution in [0, 0.1) is 13.8 Å². The van der Waals surface area contributed by atoms with Gasteiger partial charge in [0.05, 0.1) is 20.0 Å². The van der Waals surface area contributed by atoms with Crippen molar-refractivity contribution in [2.24, 2.45) is 0 Å². The first kappa shape index (κ1) is 33.6. The van der Waals surface area contributed by atoms with Crippen molar-refractivity contribution in [3.8, 4) is 0 Å². The van der Waals surface area contributed by atoms with Crippen LogP contribution in [0.1, 0.15) is 33.4 Å². The third-order valence-electron chi connectivity index (χ3n) is 5.33. The highest BCUT2D eigenvalue weighted by molar-refractivity contribution is 6.62. The molecule has 0 heterocycles. The highest BCUT2D eigenvalue weighted by Crippen LogP contribution is 2.58. The number of benzene rings is 1. The standard InChI is InChI=1S/C16H22Cl12Si4/c1-3-5(13(21,22)9(17)29)7(15(25,26)11(19)31)4(2)8(16(27,28)12(20)32)6(3)14(23,24)10(18)30/h9-12H,1-2,29-32H3. The van der Waals surface area contributed by atoms with Gasteiger partial charge < -0.3 is 0 Å². The van der Waals surface area contributed by atoms with Crippen LogP contribution in [0.5, 0.6) is 0 Å². The number of rotatable bonds is 8. The molecule has 1 rings (SSSR count). The summed E-state index contributed by atoms with van der Waals surface area (Å²) >= 11 is 80.6. The number of hydrogen-bond donors (Lipinski definition) is 0. The van der Waals surface area contributed by atoms with Gasteiger partial charge in [-0.3, -0.25) is 0 Å². The van der Waals surface area contributed by atoms with Crippen LogP contribution in [0.15, 0.2) is 0 Å². The summed E-state index contributed by atoms with van der Waals surface area (Å²) in [4.78, 5) is 0. The molecule has 0 amide bonds. The molecule has 0 radical (unpaired) electrons. The molecule has 0 spiro atoms. The summed E-state index contributed by atoms with van der Waals surface area (Å²) < 4.78 is -6.36. The van der Waals surface area contributed by atoms with E-state index in [1.165, 1.54) is 0 Å². The zero-order valence-electron chi connectivity index (χ0n) is 17.8. The number of alkyl halides is 12. The summed E-state index contributed by atoms with van der Waals surface area (Å²) in [5, 5.41) is -2.53. The van der Waals surface area contributed by atoms with Crippen LogP contribution in [0.3, 0.4) is 0 Å². The second kappa shape index (κ2) is 11.8. The Hall–Kier alpha value is 3.57. The maximum absolute atomic E-state index is 6.84. The number of halogens is 12. The Bertz CT molecular complexity index is 718. The summed E-state index contributed by atoms with van der Waals surface area (Å²) in [5.41, 5.74) is 2.43. The second-order valence-corrected chi connectivity index (χ2v) is 23.4. The van der Waals surface area contributed by atoms with Crippen LogP contribution >= 0.6 is 139 Å². The number of hydrogen-bond acceptors (Lipinski definition) is 0. The molecule has 0 aromatic heterocycles. The average Bonchev–Trinajstić information content (AvgIpc) is 2.60. The van der Waals surface area contributed by atoms with Crippen LogP contribution in [0.25, 0.3) is 0 Å². The van der Waals surface area contributed by atoms with Crippen molar-refractivity contribution in [2.75, 3.05) is 0 Å². The van der Waals surface area contributed by atoms with E-state index in [1.807, 2.05) is 0 Å². The van der Waals surface area contributed by atoms with Crippen LogP contribution < -0.4 is 0 Å². The molecular weight excluding hydrogens is 730 g/mol. The first-order valence-corrected chi connectivity index (χ1v) is 18.7. The van der Waals surface area contributed by atoms with Gasteiger partial charge in [0.2, 0.25) is 0 Å². The van der Waals surface area contributed by atoms with Gasteiger partial charge in [-0.05, 0) is 47.2 Å². The third kappa shape index (κ3) is 6.23. The zero-order valence-corrected chi connectivity index (χ0v) is 34.9. The summed E-state index contributed by atoms with van der Waals surface area (Å²) in [6.07, 6.45) is 0. The van der Waals surface area contributed by atoms with E-state index in [9.17, 15) is 0 Å². The first-order valence-electron chi connectivity index (χ1n) is 9.35. The summed E-state index contributed by atoms with van der Waals surface area (Å²) in [7, 11) is 1.79. The zero-order chi connectivity index (χ0) is 25.8. The van der Waals surface area contributed by atoms with Crippen molar-refractivity contribution >= 4 is 180 Å². The van der Waals surface area contributed by atoms with Gasteiger partial charge in [0.25, 0.3) is 0 Å². The highest BCUT2D eigenvalue weighted by Gasteiger charge is 2.51. The molecule has 1 aromatic carbocycles. The smallest absolute Gasteiger partial charge is 0.124 e. The summed E-state index contributed by atoms with van der Waals surface area (Å²) in [6.45, 7) is 3.47. The molecule has 0 bridgehead atoms. The van der Waals surface area contributed by atoms with E-state index in [4.69, 9.17) is 139 Å². The lowest BCUT2D eigenvalue weighted by Crippen LogP contribution is -2.39. The van der Waals surface area contributed by atoms with Gasteiger partial charge >= 0.3 is 0 Å². The molecule has 0 fully saturated rings. The Labute approximate surface area is 261 Å². The second-order valence-electron chi connectivity index (χ2n) is 7.71. The van der Waals surface area contributed by atoms with Gasteiger partial charge in [-0.2, -0.15) is 0 Å². The van der Waals surface area contributed by atoms with E-state index in [1.54, 1.807) is 13.8 Å². The maximum Gasteiger partial charge on any atom is 0.156 e. The van der Waals surface area contributed by atoms with Crippen molar-refractivity contribution < 1.29 is 0 Å². The molecule has 4 atom stereocenters. The largest absolute Gasteiger partial charge is 0.156 e. The van der Waals surface area contributed by atoms with E-state index in [-0.39, 0.29) is 0 Å². The predicted octanol–water partition coefficient (Wildman–Crippen LogP) is 4.55. The molecular formula is C16H22Cl12Si4. The Balaban J connectivity index is 4.59. The molecule has 4 unspecified atom stereocenters. The minimum Gasteiger partial charge on any atom is -0.124 e. The van der Waals surface area contributed by atoms with Gasteiger partial charge in [-0.1, -0.05) is 92.8 Å². The molecule has 32 heavy (non-hydrogen) atoms. The van der Waals surface area contributed by atoms with Crippen LogP contribution in [-0.2, 0) is 17.3 Å². The SMILES string of the molecule is Cc1c(C(Cl)(Cl)C([SiH3])Cl)c(C(Cl)(Cl)C([SiH3])Cl)c(C)c(C(Cl)(Cl)C([SiH3])Cl)c1C(Cl)(Cl)C([SiH3])Cl. The summed E-state index contributed by atoms with van der Waals surface area (Å²) in [6, 6.07) is 0. The minimum absolute atomic E-state index is 0.367. The van der Waals surface area contributed by atoms with Crippen molar-refractivity contribution in [2.45, 2.75) is 51.2 Å². The molecule has 186 valence electrons. The quantitative estimate of drug-likeness (QED) is 0.271. The Kier molecular flexibility index (Phi) is 12.3. The van der Waals surface area contributed by atoms with Gasteiger partial charge in [0, 0.05) is 41.0 Å². The van der Waals surface area contributed by atoms with Crippen molar-refractivity contribution in [1.82, 2.24) is 0 Å². The summed E-state index contributed by atoms with van der Waals surface area (Å²) in [5.74, 6) is 0. The third-order valence-corrected chi connectivity index (χ3v) is 18.1. The van der Waals surface area contributed by atoms with E-state index in [0.29, 0.717) is 74.4 Å². The fourth-order valence-electron chi connectivity index (χ4n) is 3.46. The molecule has 0 saturated heterocycles. The van der Waals surface area contributed by atoms with Crippen molar-refractivity contribution in [1.29, 1.82) is 0 Å². The maximum atomic E-state index is 6.84. The highest BCUT2D eigenvalue weighted by atomic mass is 35.5. The van der Waals surface area contributed by atoms with Crippen molar-refractivity contribution in [3.05, 3.63) is 33.4 Å². The van der Waals surface area contributed by atoms with Gasteiger partial charge in [0.1, 0.15) is 0 Å². The molecule has 0 N–H and O–H groups in total. The van der Waals surface area contributed by atoms with Gasteiger partial charge in [-0.15, -0.1) is 46.4 Å². The molecule has 0 saturated carbocycles. The van der Waals surface area contributed by atoms with Crippen LogP contribution in [-0.4, -0.2) is 61.0 Å². The predicted molar refractivity (Wildman–Crippen MR) is 168 cm³/mol.